The summed E-state index contributed by atoms with van der Waals surface area (Å²) in [5.74, 6) is 0.833. The molecule has 4 heteroatoms. The van der Waals surface area contributed by atoms with Crippen molar-refractivity contribution in [2.75, 3.05) is 26.3 Å². The Morgan fingerprint density at radius 2 is 2.16 bits per heavy atom. The number of hydrogen-bond acceptors (Lipinski definition) is 4. The number of hydrogen-bond donors (Lipinski definition) is 2. The first-order chi connectivity index (χ1) is 9.21. The van der Waals surface area contributed by atoms with Gasteiger partial charge in [-0.1, -0.05) is 37.8 Å². The maximum absolute atomic E-state index is 9.51. The summed E-state index contributed by atoms with van der Waals surface area (Å²) in [6, 6.07) is 7.83. The maximum atomic E-state index is 9.51. The van der Waals surface area contributed by atoms with E-state index in [9.17, 15) is 5.11 Å². The second-order valence-electron chi connectivity index (χ2n) is 4.37. The molecule has 1 aromatic rings. The molecule has 0 spiro atoms. The van der Waals surface area contributed by atoms with Gasteiger partial charge in [-0.3, -0.25) is 4.90 Å². The number of rotatable bonds is 9. The van der Waals surface area contributed by atoms with Gasteiger partial charge in [0.15, 0.2) is 0 Å². The first-order valence-corrected chi connectivity index (χ1v) is 6.54. The Kier molecular flexibility index (Phi) is 7.18. The van der Waals surface area contributed by atoms with E-state index in [2.05, 4.69) is 11.5 Å². The van der Waals surface area contributed by atoms with Crippen LogP contribution in [0.3, 0.4) is 0 Å². The first kappa shape index (κ1) is 15.7. The van der Waals surface area contributed by atoms with Gasteiger partial charge in [0, 0.05) is 18.7 Å². The lowest BCUT2D eigenvalue weighted by atomic mass is 10.2. The van der Waals surface area contributed by atoms with Crippen molar-refractivity contribution in [3.63, 3.8) is 0 Å². The third kappa shape index (κ3) is 5.42. The second-order valence-corrected chi connectivity index (χ2v) is 4.37. The molecule has 0 aliphatic heterocycles. The van der Waals surface area contributed by atoms with Gasteiger partial charge in [-0.25, -0.2) is 0 Å². The molecule has 106 valence electrons. The number of aliphatic hydroxyl groups excluding tert-OH is 2. The van der Waals surface area contributed by atoms with E-state index in [-0.39, 0.29) is 6.61 Å². The zero-order valence-electron chi connectivity index (χ0n) is 11.5. The quantitative estimate of drug-likeness (QED) is 0.663. The number of nitrogens with zero attached hydrogens (tertiary/aromatic N) is 1. The molecule has 0 heterocycles. The van der Waals surface area contributed by atoms with Crippen LogP contribution in [0.25, 0.3) is 0 Å². The molecule has 0 radical (unpaired) electrons. The van der Waals surface area contributed by atoms with E-state index in [1.54, 1.807) is 6.08 Å². The average Bonchev–Trinajstić information content (AvgIpc) is 2.45. The lowest BCUT2D eigenvalue weighted by Crippen LogP contribution is -2.33. The minimum atomic E-state index is -0.707. The molecule has 0 saturated carbocycles. The van der Waals surface area contributed by atoms with E-state index in [0.717, 1.165) is 17.9 Å². The van der Waals surface area contributed by atoms with E-state index in [0.29, 0.717) is 19.7 Å². The molecular formula is C15H23NO3. The number of aliphatic hydroxyl groups is 2. The van der Waals surface area contributed by atoms with Crippen molar-refractivity contribution in [3.05, 3.63) is 42.5 Å². The SMILES string of the molecule is C=CCOc1ccccc1CN(CC)C[C@@H](O)CO. The fourth-order valence-corrected chi connectivity index (χ4v) is 1.83. The highest BCUT2D eigenvalue weighted by atomic mass is 16.5. The Morgan fingerprint density at radius 1 is 1.42 bits per heavy atom. The van der Waals surface area contributed by atoms with Crippen LogP contribution >= 0.6 is 0 Å². The number of likely N-dealkylation sites (N-methyl/N-ethyl adjacent to an activating group) is 1. The highest BCUT2D eigenvalue weighted by Crippen LogP contribution is 2.20. The van der Waals surface area contributed by atoms with Gasteiger partial charge in [0.05, 0.1) is 12.7 Å². The maximum Gasteiger partial charge on any atom is 0.124 e. The van der Waals surface area contributed by atoms with Gasteiger partial charge in [0.25, 0.3) is 0 Å². The lowest BCUT2D eigenvalue weighted by Gasteiger charge is -2.23. The smallest absolute Gasteiger partial charge is 0.124 e. The van der Waals surface area contributed by atoms with Crippen molar-refractivity contribution < 1.29 is 14.9 Å². The Labute approximate surface area is 114 Å². The second kappa shape index (κ2) is 8.69. The summed E-state index contributed by atoms with van der Waals surface area (Å²) in [6.45, 7) is 7.85. The number of benzene rings is 1. The highest BCUT2D eigenvalue weighted by Gasteiger charge is 2.12. The van der Waals surface area contributed by atoms with Crippen molar-refractivity contribution in [1.82, 2.24) is 4.90 Å². The summed E-state index contributed by atoms with van der Waals surface area (Å²) in [5, 5.41) is 18.4. The minimum Gasteiger partial charge on any atom is -0.489 e. The van der Waals surface area contributed by atoms with Crippen molar-refractivity contribution in [3.8, 4) is 5.75 Å². The monoisotopic (exact) mass is 265 g/mol. The fraction of sp³-hybridized carbons (Fsp3) is 0.467. The van der Waals surface area contributed by atoms with Crippen LogP contribution in [0.15, 0.2) is 36.9 Å². The molecule has 0 aromatic heterocycles. The topological polar surface area (TPSA) is 52.9 Å². The molecule has 1 aromatic carbocycles. The van der Waals surface area contributed by atoms with Gasteiger partial charge in [-0.15, -0.1) is 0 Å². The molecule has 0 saturated heterocycles. The zero-order chi connectivity index (χ0) is 14.1. The Morgan fingerprint density at radius 3 is 2.79 bits per heavy atom. The molecule has 4 nitrogen and oxygen atoms in total. The molecule has 0 fully saturated rings. The van der Waals surface area contributed by atoms with Gasteiger partial charge >= 0.3 is 0 Å². The van der Waals surface area contributed by atoms with E-state index >= 15 is 0 Å². The van der Waals surface area contributed by atoms with E-state index in [1.165, 1.54) is 0 Å². The van der Waals surface area contributed by atoms with Crippen molar-refractivity contribution in [2.45, 2.75) is 19.6 Å². The van der Waals surface area contributed by atoms with Crippen molar-refractivity contribution in [2.24, 2.45) is 0 Å². The zero-order valence-corrected chi connectivity index (χ0v) is 11.5. The lowest BCUT2D eigenvalue weighted by molar-refractivity contribution is 0.0582. The summed E-state index contributed by atoms with van der Waals surface area (Å²) in [7, 11) is 0. The predicted molar refractivity (Wildman–Crippen MR) is 76.2 cm³/mol. The van der Waals surface area contributed by atoms with Crippen LogP contribution in [0.1, 0.15) is 12.5 Å². The molecule has 1 rings (SSSR count). The summed E-state index contributed by atoms with van der Waals surface area (Å²) in [5.41, 5.74) is 1.07. The summed E-state index contributed by atoms with van der Waals surface area (Å²) in [4.78, 5) is 2.07. The van der Waals surface area contributed by atoms with E-state index in [1.807, 2.05) is 31.2 Å². The first-order valence-electron chi connectivity index (χ1n) is 6.54. The van der Waals surface area contributed by atoms with E-state index < -0.39 is 6.10 Å². The van der Waals surface area contributed by atoms with Gasteiger partial charge < -0.3 is 14.9 Å². The molecular weight excluding hydrogens is 242 g/mol. The van der Waals surface area contributed by atoms with E-state index in [4.69, 9.17) is 9.84 Å². The van der Waals surface area contributed by atoms with Crippen LogP contribution in [-0.2, 0) is 6.54 Å². The third-order valence-corrected chi connectivity index (χ3v) is 2.85. The summed E-state index contributed by atoms with van der Waals surface area (Å²) >= 11 is 0. The molecule has 0 unspecified atom stereocenters. The van der Waals surface area contributed by atoms with Gasteiger partial charge in [0.2, 0.25) is 0 Å². The van der Waals surface area contributed by atoms with Crippen LogP contribution < -0.4 is 4.74 Å². The summed E-state index contributed by atoms with van der Waals surface area (Å²) < 4.78 is 5.61. The molecule has 0 aliphatic carbocycles. The Bertz CT molecular complexity index is 381. The van der Waals surface area contributed by atoms with Crippen molar-refractivity contribution >= 4 is 0 Å². The molecule has 19 heavy (non-hydrogen) atoms. The third-order valence-electron chi connectivity index (χ3n) is 2.85. The molecule has 0 aliphatic rings. The van der Waals surface area contributed by atoms with Crippen LogP contribution in [0, 0.1) is 0 Å². The number of ether oxygens (including phenoxy) is 1. The minimum absolute atomic E-state index is 0.217. The Hall–Kier alpha value is -1.36. The molecule has 0 bridgehead atoms. The molecule has 0 amide bonds. The predicted octanol–water partition coefficient (Wildman–Crippen LogP) is 1.43. The average molecular weight is 265 g/mol. The normalized spacial score (nSPS) is 12.4. The Balaban J connectivity index is 2.70. The van der Waals surface area contributed by atoms with Gasteiger partial charge in [-0.2, -0.15) is 0 Å². The number of para-hydroxylation sites is 1. The van der Waals surface area contributed by atoms with Gasteiger partial charge in [-0.05, 0) is 12.6 Å². The van der Waals surface area contributed by atoms with Crippen LogP contribution in [0.5, 0.6) is 5.75 Å². The fourth-order valence-electron chi connectivity index (χ4n) is 1.83. The molecule has 2 N–H and O–H groups in total. The largest absolute Gasteiger partial charge is 0.489 e. The van der Waals surface area contributed by atoms with Gasteiger partial charge in [0.1, 0.15) is 12.4 Å². The van der Waals surface area contributed by atoms with Crippen LogP contribution in [-0.4, -0.2) is 47.5 Å². The summed E-state index contributed by atoms with van der Waals surface area (Å²) in [6.07, 6.45) is 1.00. The highest BCUT2D eigenvalue weighted by molar-refractivity contribution is 5.33. The van der Waals surface area contributed by atoms with Crippen LogP contribution in [0.2, 0.25) is 0 Å². The van der Waals surface area contributed by atoms with Crippen molar-refractivity contribution in [1.29, 1.82) is 0 Å². The van der Waals surface area contributed by atoms with Crippen LogP contribution in [0.4, 0.5) is 0 Å². The standard InChI is InChI=1S/C15H23NO3/c1-3-9-19-15-8-6-5-7-13(15)10-16(4-2)11-14(18)12-17/h3,5-8,14,17-18H,1,4,9-12H2,2H3/t14-/m1/s1. The molecule has 1 atom stereocenters.